The summed E-state index contributed by atoms with van der Waals surface area (Å²) in [6.45, 7) is 0. The summed E-state index contributed by atoms with van der Waals surface area (Å²) in [5.41, 5.74) is 12.4. The van der Waals surface area contributed by atoms with E-state index in [2.05, 4.69) is 0 Å². The minimum Gasteiger partial charge on any atom is -0.423 e. The van der Waals surface area contributed by atoms with Crippen LogP contribution in [-0.4, -0.2) is 5.97 Å². The van der Waals surface area contributed by atoms with Crippen LogP contribution in [0.2, 0.25) is 0 Å². The third-order valence-corrected chi connectivity index (χ3v) is 2.28. The zero-order chi connectivity index (χ0) is 12.3. The van der Waals surface area contributed by atoms with E-state index in [1.807, 2.05) is 6.07 Å². The van der Waals surface area contributed by atoms with Crippen LogP contribution in [0.5, 0.6) is 5.75 Å². The van der Waals surface area contributed by atoms with E-state index in [1.165, 1.54) is 6.07 Å². The Hall–Kier alpha value is -2.49. The SMILES string of the molecule is Nc1ccc(C(=O)Oc2ccccc2)cc1N. The van der Waals surface area contributed by atoms with Crippen molar-refractivity contribution in [1.29, 1.82) is 0 Å². The highest BCUT2D eigenvalue weighted by Crippen LogP contribution is 2.18. The molecule has 0 atom stereocenters. The number of ether oxygens (including phenoxy) is 1. The highest BCUT2D eigenvalue weighted by atomic mass is 16.5. The molecule has 4 heteroatoms. The molecular weight excluding hydrogens is 216 g/mol. The van der Waals surface area contributed by atoms with E-state index in [-0.39, 0.29) is 0 Å². The molecule has 0 heterocycles. The van der Waals surface area contributed by atoms with Crippen molar-refractivity contribution in [2.24, 2.45) is 0 Å². The first-order valence-corrected chi connectivity index (χ1v) is 5.09. The summed E-state index contributed by atoms with van der Waals surface area (Å²) in [6, 6.07) is 13.5. The molecule has 2 aromatic rings. The third-order valence-electron chi connectivity index (χ3n) is 2.28. The molecule has 4 nitrogen and oxygen atoms in total. The van der Waals surface area contributed by atoms with Gasteiger partial charge in [-0.2, -0.15) is 0 Å². The van der Waals surface area contributed by atoms with Gasteiger partial charge < -0.3 is 16.2 Å². The molecule has 0 aliphatic carbocycles. The first-order chi connectivity index (χ1) is 8.16. The van der Waals surface area contributed by atoms with E-state index in [1.54, 1.807) is 36.4 Å². The van der Waals surface area contributed by atoms with Gasteiger partial charge in [0.05, 0.1) is 16.9 Å². The zero-order valence-electron chi connectivity index (χ0n) is 9.09. The molecule has 0 unspecified atom stereocenters. The van der Waals surface area contributed by atoms with E-state index < -0.39 is 5.97 Å². The van der Waals surface area contributed by atoms with Gasteiger partial charge >= 0.3 is 5.97 Å². The number of para-hydroxylation sites is 1. The van der Waals surface area contributed by atoms with Crippen LogP contribution in [0.25, 0.3) is 0 Å². The van der Waals surface area contributed by atoms with E-state index in [0.717, 1.165) is 0 Å². The molecule has 0 bridgehead atoms. The van der Waals surface area contributed by atoms with Crippen molar-refractivity contribution in [2.75, 3.05) is 11.5 Å². The normalized spacial score (nSPS) is 9.88. The highest BCUT2D eigenvalue weighted by molar-refractivity contribution is 5.93. The summed E-state index contributed by atoms with van der Waals surface area (Å²) < 4.78 is 5.16. The van der Waals surface area contributed by atoms with Gasteiger partial charge in [0.25, 0.3) is 0 Å². The Bertz CT molecular complexity index is 538. The molecule has 2 rings (SSSR count). The van der Waals surface area contributed by atoms with Crippen LogP contribution in [0, 0.1) is 0 Å². The van der Waals surface area contributed by atoms with Gasteiger partial charge in [-0.3, -0.25) is 0 Å². The molecule has 0 aliphatic rings. The molecule has 86 valence electrons. The number of hydrogen-bond acceptors (Lipinski definition) is 4. The predicted molar refractivity (Wildman–Crippen MR) is 66.7 cm³/mol. The van der Waals surface area contributed by atoms with Crippen molar-refractivity contribution in [3.63, 3.8) is 0 Å². The lowest BCUT2D eigenvalue weighted by molar-refractivity contribution is 0.0735. The standard InChI is InChI=1S/C13H12N2O2/c14-11-7-6-9(8-12(11)15)13(16)17-10-4-2-1-3-5-10/h1-8H,14-15H2. The maximum atomic E-state index is 11.8. The number of carbonyl (C=O) groups is 1. The molecule has 0 spiro atoms. The fourth-order valence-corrected chi connectivity index (χ4v) is 1.36. The van der Waals surface area contributed by atoms with E-state index in [4.69, 9.17) is 16.2 Å². The average molecular weight is 228 g/mol. The van der Waals surface area contributed by atoms with Crippen molar-refractivity contribution < 1.29 is 9.53 Å². The number of esters is 1. The van der Waals surface area contributed by atoms with Crippen molar-refractivity contribution in [2.45, 2.75) is 0 Å². The number of nitrogens with two attached hydrogens (primary N) is 2. The second kappa shape index (κ2) is 4.57. The molecule has 0 radical (unpaired) electrons. The van der Waals surface area contributed by atoms with E-state index in [0.29, 0.717) is 22.7 Å². The Morgan fingerprint density at radius 2 is 1.65 bits per heavy atom. The minimum absolute atomic E-state index is 0.368. The Balaban J connectivity index is 2.18. The van der Waals surface area contributed by atoms with Gasteiger partial charge in [0.15, 0.2) is 0 Å². The summed E-state index contributed by atoms with van der Waals surface area (Å²) in [6.07, 6.45) is 0. The van der Waals surface area contributed by atoms with Crippen LogP contribution >= 0.6 is 0 Å². The topological polar surface area (TPSA) is 78.3 Å². The number of benzene rings is 2. The fraction of sp³-hybridized carbons (Fsp3) is 0. The van der Waals surface area contributed by atoms with Gasteiger partial charge in [-0.05, 0) is 30.3 Å². The van der Waals surface area contributed by atoms with E-state index >= 15 is 0 Å². The molecule has 0 aliphatic heterocycles. The van der Waals surface area contributed by atoms with Gasteiger partial charge in [0.2, 0.25) is 0 Å². The second-order valence-corrected chi connectivity index (χ2v) is 3.55. The molecule has 2 aromatic carbocycles. The summed E-state index contributed by atoms with van der Waals surface area (Å²) in [5.74, 6) is 0.0378. The number of anilines is 2. The van der Waals surface area contributed by atoms with Gasteiger partial charge in [-0.15, -0.1) is 0 Å². The van der Waals surface area contributed by atoms with Crippen molar-refractivity contribution in [3.8, 4) is 5.75 Å². The summed E-state index contributed by atoms with van der Waals surface area (Å²) >= 11 is 0. The number of carbonyl (C=O) groups excluding carboxylic acids is 1. The van der Waals surface area contributed by atoms with Crippen LogP contribution in [0.1, 0.15) is 10.4 Å². The number of hydrogen-bond donors (Lipinski definition) is 2. The first kappa shape index (κ1) is 11.0. The third kappa shape index (κ3) is 2.55. The average Bonchev–Trinajstić information content (AvgIpc) is 2.34. The molecule has 0 aromatic heterocycles. The fourth-order valence-electron chi connectivity index (χ4n) is 1.36. The van der Waals surface area contributed by atoms with Crippen LogP contribution in [0.3, 0.4) is 0 Å². The lowest BCUT2D eigenvalue weighted by Crippen LogP contribution is -2.09. The molecule has 0 fully saturated rings. The Morgan fingerprint density at radius 1 is 0.941 bits per heavy atom. The number of nitrogen functional groups attached to an aromatic ring is 2. The van der Waals surface area contributed by atoms with Crippen LogP contribution in [0.15, 0.2) is 48.5 Å². The second-order valence-electron chi connectivity index (χ2n) is 3.55. The first-order valence-electron chi connectivity index (χ1n) is 5.09. The summed E-state index contributed by atoms with van der Waals surface area (Å²) in [5, 5.41) is 0. The molecular formula is C13H12N2O2. The van der Waals surface area contributed by atoms with Gasteiger partial charge in [-0.25, -0.2) is 4.79 Å². The lowest BCUT2D eigenvalue weighted by atomic mass is 10.2. The lowest BCUT2D eigenvalue weighted by Gasteiger charge is -2.05. The Morgan fingerprint density at radius 3 is 2.29 bits per heavy atom. The van der Waals surface area contributed by atoms with Crippen LogP contribution < -0.4 is 16.2 Å². The van der Waals surface area contributed by atoms with Gasteiger partial charge in [0, 0.05) is 0 Å². The molecule has 0 saturated heterocycles. The highest BCUT2D eigenvalue weighted by Gasteiger charge is 2.09. The Kier molecular flexibility index (Phi) is 2.96. The van der Waals surface area contributed by atoms with E-state index in [9.17, 15) is 4.79 Å². The summed E-state index contributed by atoms with van der Waals surface area (Å²) in [7, 11) is 0. The van der Waals surface area contributed by atoms with Crippen LogP contribution in [0.4, 0.5) is 11.4 Å². The molecule has 0 saturated carbocycles. The maximum absolute atomic E-state index is 11.8. The van der Waals surface area contributed by atoms with Crippen molar-refractivity contribution >= 4 is 17.3 Å². The largest absolute Gasteiger partial charge is 0.423 e. The van der Waals surface area contributed by atoms with Gasteiger partial charge in [0.1, 0.15) is 5.75 Å². The van der Waals surface area contributed by atoms with Crippen LogP contribution in [-0.2, 0) is 0 Å². The molecule has 0 amide bonds. The maximum Gasteiger partial charge on any atom is 0.343 e. The zero-order valence-corrected chi connectivity index (χ0v) is 9.09. The minimum atomic E-state index is -0.456. The van der Waals surface area contributed by atoms with Gasteiger partial charge in [-0.1, -0.05) is 18.2 Å². The quantitative estimate of drug-likeness (QED) is 0.468. The predicted octanol–water partition coefficient (Wildman–Crippen LogP) is 2.07. The smallest absolute Gasteiger partial charge is 0.343 e. The molecule has 4 N–H and O–H groups in total. The van der Waals surface area contributed by atoms with Crippen molar-refractivity contribution in [1.82, 2.24) is 0 Å². The Labute approximate surface area is 98.8 Å². The monoisotopic (exact) mass is 228 g/mol. The number of rotatable bonds is 2. The summed E-state index contributed by atoms with van der Waals surface area (Å²) in [4.78, 5) is 11.8. The molecule has 17 heavy (non-hydrogen) atoms. The van der Waals surface area contributed by atoms with Crippen molar-refractivity contribution in [3.05, 3.63) is 54.1 Å².